The molecule has 1 aliphatic rings. The third-order valence-corrected chi connectivity index (χ3v) is 4.41. The molecule has 3 amide bonds. The van der Waals surface area contributed by atoms with Gasteiger partial charge in [-0.3, -0.25) is 14.4 Å². The molecule has 1 unspecified atom stereocenters. The molecule has 142 valence electrons. The molecule has 27 heavy (non-hydrogen) atoms. The smallest absolute Gasteiger partial charge is 0.255 e. The van der Waals surface area contributed by atoms with Gasteiger partial charge < -0.3 is 20.3 Å². The number of likely N-dealkylation sites (N-methyl/N-ethyl adjacent to an activating group) is 1. The quantitative estimate of drug-likeness (QED) is 0.379. The summed E-state index contributed by atoms with van der Waals surface area (Å²) in [5, 5.41) is 5.15. The van der Waals surface area contributed by atoms with Crippen LogP contribution in [0.3, 0.4) is 0 Å². The average Bonchev–Trinajstić information content (AvgIpc) is 3.02. The van der Waals surface area contributed by atoms with E-state index in [-0.39, 0.29) is 24.7 Å². The number of fused-ring (bicyclic) bond motifs is 1. The van der Waals surface area contributed by atoms with Gasteiger partial charge in [0.05, 0.1) is 0 Å². The molecule has 0 aromatic heterocycles. The van der Waals surface area contributed by atoms with Gasteiger partial charge in [-0.15, -0.1) is 0 Å². The van der Waals surface area contributed by atoms with Gasteiger partial charge in [0.25, 0.3) is 5.91 Å². The van der Waals surface area contributed by atoms with E-state index in [9.17, 15) is 19.2 Å². The maximum Gasteiger partial charge on any atom is 0.255 e. The van der Waals surface area contributed by atoms with Gasteiger partial charge in [-0.2, -0.15) is 0 Å². The first-order valence-electron chi connectivity index (χ1n) is 8.88. The van der Waals surface area contributed by atoms with E-state index >= 15 is 0 Å². The van der Waals surface area contributed by atoms with Crippen molar-refractivity contribution < 1.29 is 19.2 Å². The van der Waals surface area contributed by atoms with Crippen molar-refractivity contribution in [3.8, 4) is 11.8 Å². The van der Waals surface area contributed by atoms with Crippen LogP contribution in [0, 0.1) is 11.8 Å². The van der Waals surface area contributed by atoms with Crippen molar-refractivity contribution in [3.63, 3.8) is 0 Å². The number of nitrogens with one attached hydrogen (secondary N) is 2. The molecule has 1 aromatic rings. The van der Waals surface area contributed by atoms with Crippen LogP contribution in [-0.2, 0) is 20.9 Å². The Morgan fingerprint density at radius 1 is 1.37 bits per heavy atom. The minimum Gasteiger partial charge on any atom is -0.359 e. The minimum absolute atomic E-state index is 0.208. The van der Waals surface area contributed by atoms with Crippen LogP contribution in [-0.4, -0.2) is 49.0 Å². The summed E-state index contributed by atoms with van der Waals surface area (Å²) in [6, 6.07) is 4.68. The van der Waals surface area contributed by atoms with E-state index in [1.165, 1.54) is 11.9 Å². The van der Waals surface area contributed by atoms with Crippen LogP contribution in [0.2, 0.25) is 0 Å². The van der Waals surface area contributed by atoms with E-state index in [1.807, 2.05) is 6.07 Å². The van der Waals surface area contributed by atoms with Gasteiger partial charge in [0.15, 0.2) is 0 Å². The van der Waals surface area contributed by atoms with Crippen molar-refractivity contribution in [1.82, 2.24) is 15.5 Å². The molecule has 0 saturated heterocycles. The first kappa shape index (κ1) is 20.2. The van der Waals surface area contributed by atoms with Crippen LogP contribution in [0.1, 0.15) is 47.2 Å². The van der Waals surface area contributed by atoms with Crippen molar-refractivity contribution in [2.24, 2.45) is 0 Å². The molecule has 0 aliphatic carbocycles. The summed E-state index contributed by atoms with van der Waals surface area (Å²) in [6.45, 7) is 0.866. The van der Waals surface area contributed by atoms with Gasteiger partial charge >= 0.3 is 0 Å². The molecule has 0 bridgehead atoms. The van der Waals surface area contributed by atoms with E-state index in [2.05, 4.69) is 22.5 Å². The highest BCUT2D eigenvalue weighted by Gasteiger charge is 2.36. The van der Waals surface area contributed by atoms with E-state index in [0.717, 1.165) is 23.8 Å². The Hall–Kier alpha value is -3.14. The number of carbonyl (C=O) groups excluding carboxylic acids is 4. The second kappa shape index (κ2) is 10.1. The lowest BCUT2D eigenvalue weighted by atomic mass is 10.0. The molecule has 0 radical (unpaired) electrons. The van der Waals surface area contributed by atoms with Crippen molar-refractivity contribution >= 4 is 24.5 Å². The number of aldehydes is 1. The third kappa shape index (κ3) is 4.94. The van der Waals surface area contributed by atoms with Gasteiger partial charge in [0.2, 0.25) is 12.3 Å². The Bertz CT molecular complexity index is 779. The molecule has 0 saturated carbocycles. The molecule has 1 aliphatic heterocycles. The molecule has 1 aromatic carbocycles. The van der Waals surface area contributed by atoms with Crippen LogP contribution in [0.5, 0.6) is 0 Å². The first-order chi connectivity index (χ1) is 13.1. The van der Waals surface area contributed by atoms with E-state index in [1.54, 1.807) is 12.1 Å². The Morgan fingerprint density at radius 2 is 2.19 bits per heavy atom. The highest BCUT2D eigenvalue weighted by Crippen LogP contribution is 2.28. The Kier molecular flexibility index (Phi) is 7.56. The average molecular weight is 369 g/mol. The maximum atomic E-state index is 12.8. The van der Waals surface area contributed by atoms with Gasteiger partial charge in [-0.25, -0.2) is 0 Å². The van der Waals surface area contributed by atoms with Crippen LogP contribution < -0.4 is 10.6 Å². The number of benzene rings is 1. The summed E-state index contributed by atoms with van der Waals surface area (Å²) in [7, 11) is 1.51. The molecule has 7 heteroatoms. The minimum atomic E-state index is -0.685. The number of rotatable bonds is 9. The molecule has 7 nitrogen and oxygen atoms in total. The van der Waals surface area contributed by atoms with E-state index in [0.29, 0.717) is 31.5 Å². The Morgan fingerprint density at radius 3 is 2.89 bits per heavy atom. The molecule has 1 atom stereocenters. The largest absolute Gasteiger partial charge is 0.359 e. The highest BCUT2D eigenvalue weighted by atomic mass is 16.2. The standard InChI is InChI=1S/C20H23N3O4/c1-21-19(26)18(10-6-12-24)23-13-17-15(7-3-2-4-11-22-14-25)8-5-9-16(17)20(23)27/h5,8-9,12,14,18H,2,4,6,10-11,13H2,1H3,(H,21,26)(H,22,25). The second-order valence-electron chi connectivity index (χ2n) is 6.12. The molecule has 0 fully saturated rings. The third-order valence-electron chi connectivity index (χ3n) is 4.41. The summed E-state index contributed by atoms with van der Waals surface area (Å²) >= 11 is 0. The monoisotopic (exact) mass is 369 g/mol. The second-order valence-corrected chi connectivity index (χ2v) is 6.12. The molecule has 0 spiro atoms. The van der Waals surface area contributed by atoms with E-state index < -0.39 is 6.04 Å². The van der Waals surface area contributed by atoms with Crippen LogP contribution in [0.4, 0.5) is 0 Å². The lowest BCUT2D eigenvalue weighted by Gasteiger charge is -2.25. The predicted molar refractivity (Wildman–Crippen MR) is 99.6 cm³/mol. The summed E-state index contributed by atoms with van der Waals surface area (Å²) in [6.07, 6.45) is 3.27. The molecule has 2 rings (SSSR count). The zero-order chi connectivity index (χ0) is 19.6. The zero-order valence-corrected chi connectivity index (χ0v) is 15.3. The van der Waals surface area contributed by atoms with Crippen molar-refractivity contribution in [3.05, 3.63) is 34.9 Å². The molecule has 2 N–H and O–H groups in total. The van der Waals surface area contributed by atoms with Crippen molar-refractivity contribution in [1.29, 1.82) is 0 Å². The molecule has 1 heterocycles. The summed E-state index contributed by atoms with van der Waals surface area (Å²) < 4.78 is 0. The topological polar surface area (TPSA) is 95.6 Å². The number of hydrogen-bond donors (Lipinski definition) is 2. The summed E-state index contributed by atoms with van der Waals surface area (Å²) in [5.74, 6) is 5.64. The van der Waals surface area contributed by atoms with Gasteiger partial charge in [0.1, 0.15) is 12.3 Å². The van der Waals surface area contributed by atoms with Gasteiger partial charge in [-0.1, -0.05) is 17.9 Å². The number of carbonyl (C=O) groups is 4. The van der Waals surface area contributed by atoms with Gasteiger partial charge in [0, 0.05) is 44.1 Å². The number of nitrogens with zero attached hydrogens (tertiary/aromatic N) is 1. The lowest BCUT2D eigenvalue weighted by Crippen LogP contribution is -2.46. The fraction of sp³-hybridized carbons (Fsp3) is 0.400. The van der Waals surface area contributed by atoms with Crippen LogP contribution in [0.15, 0.2) is 18.2 Å². The first-order valence-corrected chi connectivity index (χ1v) is 8.88. The van der Waals surface area contributed by atoms with Crippen molar-refractivity contribution in [2.45, 2.75) is 38.3 Å². The predicted octanol–water partition coefficient (Wildman–Crippen LogP) is 0.614. The Labute approximate surface area is 158 Å². The van der Waals surface area contributed by atoms with Crippen LogP contribution in [0.25, 0.3) is 0 Å². The number of amides is 3. The van der Waals surface area contributed by atoms with Gasteiger partial charge in [-0.05, 0) is 30.5 Å². The summed E-state index contributed by atoms with van der Waals surface area (Å²) in [4.78, 5) is 47.4. The number of unbranched alkanes of at least 4 members (excludes halogenated alkanes) is 1. The fourth-order valence-electron chi connectivity index (χ4n) is 3.04. The van der Waals surface area contributed by atoms with Crippen molar-refractivity contribution in [2.75, 3.05) is 13.6 Å². The summed E-state index contributed by atoms with van der Waals surface area (Å²) in [5.41, 5.74) is 2.11. The van der Waals surface area contributed by atoms with Crippen LogP contribution >= 0.6 is 0 Å². The normalized spacial score (nSPS) is 13.2. The number of hydrogen-bond acceptors (Lipinski definition) is 4. The Balaban J connectivity index is 2.18. The fourth-order valence-corrected chi connectivity index (χ4v) is 3.04. The maximum absolute atomic E-state index is 12.8. The SMILES string of the molecule is CNC(=O)C(CCC=O)N1Cc2c(C#CCCCNC=O)cccc2C1=O. The highest BCUT2D eigenvalue weighted by molar-refractivity contribution is 6.01. The molecular weight excluding hydrogens is 346 g/mol. The molecular formula is C20H23N3O4. The zero-order valence-electron chi connectivity index (χ0n) is 15.3. The van der Waals surface area contributed by atoms with E-state index in [4.69, 9.17) is 0 Å². The lowest BCUT2D eigenvalue weighted by molar-refractivity contribution is -0.125.